The zero-order chi connectivity index (χ0) is 22.4. The maximum atomic E-state index is 13.2. The number of rotatable bonds is 8. The molecule has 2 amide bonds. The second-order valence-corrected chi connectivity index (χ2v) is 10.6. The van der Waals surface area contributed by atoms with Crippen molar-refractivity contribution in [2.24, 2.45) is 0 Å². The van der Waals surface area contributed by atoms with Crippen molar-refractivity contribution >= 4 is 33.2 Å². The third kappa shape index (κ3) is 5.72. The fourth-order valence-corrected chi connectivity index (χ4v) is 5.76. The van der Waals surface area contributed by atoms with E-state index in [0.29, 0.717) is 37.3 Å². The summed E-state index contributed by atoms with van der Waals surface area (Å²) in [6.07, 6.45) is 2.73. The van der Waals surface area contributed by atoms with Gasteiger partial charge in [0.1, 0.15) is 0 Å². The number of carbonyl (C=O) groups excluding carboxylic acids is 2. The number of thiophene rings is 1. The van der Waals surface area contributed by atoms with Crippen LogP contribution in [0.4, 0.5) is 0 Å². The van der Waals surface area contributed by atoms with E-state index >= 15 is 0 Å². The summed E-state index contributed by atoms with van der Waals surface area (Å²) in [6.45, 7) is 5.27. The van der Waals surface area contributed by atoms with Crippen LogP contribution in [0.1, 0.15) is 47.0 Å². The Hall–Kier alpha value is -2.23. The Morgan fingerprint density at radius 1 is 1.16 bits per heavy atom. The van der Waals surface area contributed by atoms with Crippen molar-refractivity contribution in [3.63, 3.8) is 0 Å². The first-order valence-corrected chi connectivity index (χ1v) is 12.8. The molecule has 0 spiro atoms. The maximum absolute atomic E-state index is 13.2. The molecule has 168 valence electrons. The lowest BCUT2D eigenvalue weighted by Crippen LogP contribution is -2.40. The van der Waals surface area contributed by atoms with Gasteiger partial charge in [0, 0.05) is 30.1 Å². The lowest BCUT2D eigenvalue weighted by atomic mass is 10.1. The van der Waals surface area contributed by atoms with Crippen LogP contribution in [0.15, 0.2) is 40.6 Å². The minimum Gasteiger partial charge on any atom is -0.350 e. The summed E-state index contributed by atoms with van der Waals surface area (Å²) in [5.41, 5.74) is 0.992. The summed E-state index contributed by atoms with van der Waals surface area (Å²) in [5.74, 6) is -0.597. The molecule has 1 aromatic heterocycles. The van der Waals surface area contributed by atoms with Gasteiger partial charge in [-0.05, 0) is 55.8 Å². The van der Waals surface area contributed by atoms with E-state index in [2.05, 4.69) is 5.32 Å². The van der Waals surface area contributed by atoms with Gasteiger partial charge in [0.15, 0.2) is 0 Å². The third-order valence-corrected chi connectivity index (χ3v) is 8.21. The summed E-state index contributed by atoms with van der Waals surface area (Å²) in [4.78, 5) is 28.1. The number of benzene rings is 1. The summed E-state index contributed by atoms with van der Waals surface area (Å²) in [5, 5.41) is 4.77. The van der Waals surface area contributed by atoms with Crippen LogP contribution in [0.25, 0.3) is 0 Å². The van der Waals surface area contributed by atoms with Crippen LogP contribution in [0.3, 0.4) is 0 Å². The zero-order valence-electron chi connectivity index (χ0n) is 18.0. The Balaban J connectivity index is 1.74. The van der Waals surface area contributed by atoms with Crippen LogP contribution < -0.4 is 5.32 Å². The smallest absolute Gasteiger partial charge is 0.254 e. The lowest BCUT2D eigenvalue weighted by molar-refractivity contribution is -0.121. The van der Waals surface area contributed by atoms with Crippen molar-refractivity contribution in [3.8, 4) is 0 Å². The molecular weight excluding hydrogens is 434 g/mol. The molecule has 0 unspecified atom stereocenters. The van der Waals surface area contributed by atoms with Gasteiger partial charge in [0.2, 0.25) is 15.9 Å². The summed E-state index contributed by atoms with van der Waals surface area (Å²) in [7, 11) is -3.64. The second kappa shape index (κ2) is 10.4. The standard InChI is InChI=1S/C22H29N3O4S2/c1-3-24(16-21(26)23-15-18-8-7-13-30-18)22(27)20-14-19(10-9-17(20)2)31(28,29)25-11-5-4-6-12-25/h7-10,13-14H,3-6,11-12,15-16H2,1-2H3,(H,23,26). The number of hydrogen-bond donors (Lipinski definition) is 1. The van der Waals surface area contributed by atoms with Crippen molar-refractivity contribution in [2.75, 3.05) is 26.2 Å². The van der Waals surface area contributed by atoms with E-state index < -0.39 is 10.0 Å². The van der Waals surface area contributed by atoms with Gasteiger partial charge in [-0.1, -0.05) is 18.6 Å². The number of piperidine rings is 1. The Bertz CT molecular complexity index is 1010. The Morgan fingerprint density at radius 3 is 2.55 bits per heavy atom. The van der Waals surface area contributed by atoms with Crippen LogP contribution in [0.5, 0.6) is 0 Å². The number of hydrogen-bond acceptors (Lipinski definition) is 5. The highest BCUT2D eigenvalue weighted by atomic mass is 32.2. The molecule has 1 aliphatic heterocycles. The molecule has 31 heavy (non-hydrogen) atoms. The van der Waals surface area contributed by atoms with E-state index in [1.54, 1.807) is 37.3 Å². The largest absolute Gasteiger partial charge is 0.350 e. The van der Waals surface area contributed by atoms with Crippen LogP contribution in [0.2, 0.25) is 0 Å². The molecular formula is C22H29N3O4S2. The first-order valence-electron chi connectivity index (χ1n) is 10.5. The molecule has 0 saturated carbocycles. The molecule has 0 radical (unpaired) electrons. The highest BCUT2D eigenvalue weighted by molar-refractivity contribution is 7.89. The average Bonchev–Trinajstić information content (AvgIpc) is 3.30. The van der Waals surface area contributed by atoms with Crippen LogP contribution in [-0.2, 0) is 21.4 Å². The van der Waals surface area contributed by atoms with Crippen molar-refractivity contribution in [2.45, 2.75) is 44.6 Å². The van der Waals surface area contributed by atoms with Gasteiger partial charge in [0.25, 0.3) is 5.91 Å². The molecule has 1 N–H and O–H groups in total. The number of nitrogens with zero attached hydrogens (tertiary/aromatic N) is 2. The Labute approximate surface area is 188 Å². The van der Waals surface area contributed by atoms with Crippen LogP contribution in [0, 0.1) is 6.92 Å². The predicted molar refractivity (Wildman–Crippen MR) is 122 cm³/mol. The number of amides is 2. The molecule has 0 atom stereocenters. The van der Waals surface area contributed by atoms with Gasteiger partial charge in [-0.3, -0.25) is 9.59 Å². The van der Waals surface area contributed by atoms with E-state index in [0.717, 1.165) is 24.1 Å². The summed E-state index contributed by atoms with van der Waals surface area (Å²) in [6, 6.07) is 8.52. The van der Waals surface area contributed by atoms with Crippen LogP contribution in [-0.4, -0.2) is 55.6 Å². The summed E-state index contributed by atoms with van der Waals surface area (Å²) < 4.78 is 27.5. The fraction of sp³-hybridized carbons (Fsp3) is 0.455. The quantitative estimate of drug-likeness (QED) is 0.652. The Kier molecular flexibility index (Phi) is 7.85. The number of aryl methyl sites for hydroxylation is 1. The SMILES string of the molecule is CCN(CC(=O)NCc1cccs1)C(=O)c1cc(S(=O)(=O)N2CCCCC2)ccc1C. The summed E-state index contributed by atoms with van der Waals surface area (Å²) >= 11 is 1.55. The predicted octanol–water partition coefficient (Wildman–Crippen LogP) is 3.01. The molecule has 1 fully saturated rings. The fourth-order valence-electron chi connectivity index (χ4n) is 3.57. The molecule has 1 aromatic carbocycles. The maximum Gasteiger partial charge on any atom is 0.254 e. The van der Waals surface area contributed by atoms with Crippen LogP contribution >= 0.6 is 11.3 Å². The highest BCUT2D eigenvalue weighted by Gasteiger charge is 2.28. The molecule has 7 nitrogen and oxygen atoms in total. The van der Waals surface area contributed by atoms with E-state index in [4.69, 9.17) is 0 Å². The average molecular weight is 464 g/mol. The van der Waals surface area contributed by atoms with Gasteiger partial charge in [0.05, 0.1) is 18.0 Å². The number of carbonyl (C=O) groups is 2. The molecule has 3 rings (SSSR count). The first-order chi connectivity index (χ1) is 14.8. The second-order valence-electron chi connectivity index (χ2n) is 7.62. The molecule has 1 saturated heterocycles. The highest BCUT2D eigenvalue weighted by Crippen LogP contribution is 2.23. The normalized spacial score (nSPS) is 14.9. The van der Waals surface area contributed by atoms with Gasteiger partial charge in [-0.25, -0.2) is 8.42 Å². The van der Waals surface area contributed by atoms with Gasteiger partial charge >= 0.3 is 0 Å². The van der Waals surface area contributed by atoms with E-state index in [1.807, 2.05) is 17.5 Å². The zero-order valence-corrected chi connectivity index (χ0v) is 19.6. The molecule has 0 bridgehead atoms. The minimum absolute atomic E-state index is 0.0801. The van der Waals surface area contributed by atoms with Gasteiger partial charge in [-0.2, -0.15) is 4.31 Å². The Morgan fingerprint density at radius 2 is 1.90 bits per heavy atom. The van der Waals surface area contributed by atoms with Crippen molar-refractivity contribution in [3.05, 3.63) is 51.7 Å². The number of sulfonamides is 1. The molecule has 0 aliphatic carbocycles. The van der Waals surface area contributed by atoms with Gasteiger partial charge in [-0.15, -0.1) is 11.3 Å². The monoisotopic (exact) mass is 463 g/mol. The number of likely N-dealkylation sites (N-methyl/N-ethyl adjacent to an activating group) is 1. The van der Waals surface area contributed by atoms with E-state index in [1.165, 1.54) is 15.3 Å². The lowest BCUT2D eigenvalue weighted by Gasteiger charge is -2.26. The molecule has 2 heterocycles. The topological polar surface area (TPSA) is 86.8 Å². The molecule has 9 heteroatoms. The van der Waals surface area contributed by atoms with Crippen molar-refractivity contribution in [1.82, 2.24) is 14.5 Å². The minimum atomic E-state index is -3.64. The van der Waals surface area contributed by atoms with E-state index in [9.17, 15) is 18.0 Å². The van der Waals surface area contributed by atoms with Gasteiger partial charge < -0.3 is 10.2 Å². The number of nitrogens with one attached hydrogen (secondary N) is 1. The molecule has 1 aliphatic rings. The molecule has 2 aromatic rings. The first kappa shape index (κ1) is 23.4. The van der Waals surface area contributed by atoms with E-state index in [-0.39, 0.29) is 23.3 Å². The van der Waals surface area contributed by atoms with Crippen molar-refractivity contribution in [1.29, 1.82) is 0 Å². The van der Waals surface area contributed by atoms with Crippen molar-refractivity contribution < 1.29 is 18.0 Å². The third-order valence-electron chi connectivity index (χ3n) is 5.44.